The van der Waals surface area contributed by atoms with E-state index >= 15 is 0 Å². The van der Waals surface area contributed by atoms with Crippen LogP contribution in [-0.4, -0.2) is 25.8 Å². The van der Waals surface area contributed by atoms with E-state index < -0.39 is 29.4 Å². The number of Topliss-reactive ketones (excluding diaryl/α,β-unsaturated/α-hetero) is 1. The number of phenolic OH excluding ortho intramolecular Hbond substituents is 1. The first kappa shape index (κ1) is 20.9. The van der Waals surface area contributed by atoms with Gasteiger partial charge in [-0.3, -0.25) is 9.36 Å². The van der Waals surface area contributed by atoms with Gasteiger partial charge in [-0.1, -0.05) is 41.5 Å². The number of benzene rings is 1. The van der Waals surface area contributed by atoms with E-state index in [0.717, 1.165) is 0 Å². The average Bonchev–Trinajstić information content (AvgIpc) is 2.33. The SMILES string of the molecule is CC(C)(C)c1cc(C(=O)C(C)(C)P(=O)(O)O)cc(C(C)(C)C)c1O. The molecule has 0 aliphatic heterocycles. The van der Waals surface area contributed by atoms with Crippen molar-refractivity contribution in [3.8, 4) is 5.75 Å². The average molecular weight is 356 g/mol. The second-order valence-electron chi connectivity index (χ2n) is 8.85. The highest BCUT2D eigenvalue weighted by Crippen LogP contribution is 2.52. The van der Waals surface area contributed by atoms with Gasteiger partial charge in [-0.2, -0.15) is 0 Å². The molecule has 5 nitrogen and oxygen atoms in total. The molecule has 0 aliphatic rings. The lowest BCUT2D eigenvalue weighted by molar-refractivity contribution is 0.0939. The Bertz CT molecular complexity index is 664. The molecule has 0 fully saturated rings. The number of hydrogen-bond acceptors (Lipinski definition) is 3. The van der Waals surface area contributed by atoms with E-state index in [9.17, 15) is 24.3 Å². The van der Waals surface area contributed by atoms with Crippen molar-refractivity contribution in [3.05, 3.63) is 28.8 Å². The maximum Gasteiger partial charge on any atom is 0.338 e. The summed E-state index contributed by atoms with van der Waals surface area (Å²) >= 11 is 0. The first-order chi connectivity index (χ1) is 10.4. The standard InChI is InChI=1S/C18H29O5P/c1-16(2,3)12-9-11(10-13(14(12)19)17(4,5)6)15(20)18(7,8)24(21,22)23/h9-10,19H,1-8H3,(H2,21,22,23). The first-order valence-electron chi connectivity index (χ1n) is 7.89. The monoisotopic (exact) mass is 356 g/mol. The molecule has 24 heavy (non-hydrogen) atoms. The number of phenols is 1. The second kappa shape index (κ2) is 5.98. The van der Waals surface area contributed by atoms with Gasteiger partial charge in [0.25, 0.3) is 0 Å². The van der Waals surface area contributed by atoms with E-state index in [0.29, 0.717) is 11.1 Å². The summed E-state index contributed by atoms with van der Waals surface area (Å²) in [6.07, 6.45) is 0. The van der Waals surface area contributed by atoms with Crippen LogP contribution in [0.15, 0.2) is 12.1 Å². The van der Waals surface area contributed by atoms with Gasteiger partial charge >= 0.3 is 7.60 Å². The zero-order valence-corrected chi connectivity index (χ0v) is 16.7. The molecule has 0 unspecified atom stereocenters. The number of carbonyl (C=O) groups is 1. The van der Waals surface area contributed by atoms with Gasteiger partial charge in [0.2, 0.25) is 0 Å². The van der Waals surface area contributed by atoms with E-state index in [4.69, 9.17) is 0 Å². The number of carbonyl (C=O) groups excluding carboxylic acids is 1. The highest BCUT2D eigenvalue weighted by Gasteiger charge is 2.45. The first-order valence-corrected chi connectivity index (χ1v) is 9.50. The molecule has 136 valence electrons. The zero-order valence-electron chi connectivity index (χ0n) is 15.8. The lowest BCUT2D eigenvalue weighted by Crippen LogP contribution is -2.32. The van der Waals surface area contributed by atoms with Crippen LogP contribution in [0.25, 0.3) is 0 Å². The Morgan fingerprint density at radius 3 is 1.46 bits per heavy atom. The maximum absolute atomic E-state index is 12.8. The molecule has 0 saturated heterocycles. The Kier molecular flexibility index (Phi) is 5.20. The van der Waals surface area contributed by atoms with Crippen LogP contribution in [0.5, 0.6) is 5.75 Å². The molecule has 0 heterocycles. The van der Waals surface area contributed by atoms with Gasteiger partial charge in [0.1, 0.15) is 10.9 Å². The summed E-state index contributed by atoms with van der Waals surface area (Å²) in [7, 11) is -4.63. The van der Waals surface area contributed by atoms with Gasteiger partial charge in [-0.05, 0) is 36.8 Å². The van der Waals surface area contributed by atoms with Crippen LogP contribution < -0.4 is 0 Å². The molecule has 0 atom stereocenters. The van der Waals surface area contributed by atoms with Crippen LogP contribution in [0.3, 0.4) is 0 Å². The second-order valence-corrected chi connectivity index (χ2v) is 11.1. The lowest BCUT2D eigenvalue weighted by Gasteiger charge is -2.30. The summed E-state index contributed by atoms with van der Waals surface area (Å²) in [5.41, 5.74) is 0.523. The van der Waals surface area contributed by atoms with E-state index in [1.807, 2.05) is 41.5 Å². The van der Waals surface area contributed by atoms with E-state index in [2.05, 4.69) is 0 Å². The molecule has 0 saturated carbocycles. The molecule has 1 aromatic carbocycles. The van der Waals surface area contributed by atoms with Crippen LogP contribution in [0.1, 0.15) is 76.9 Å². The minimum atomic E-state index is -4.63. The number of hydrogen-bond donors (Lipinski definition) is 3. The van der Waals surface area contributed by atoms with Crippen molar-refractivity contribution < 1.29 is 24.3 Å². The van der Waals surface area contributed by atoms with Crippen molar-refractivity contribution in [2.75, 3.05) is 0 Å². The summed E-state index contributed by atoms with van der Waals surface area (Å²) in [6, 6.07) is 3.09. The van der Waals surface area contributed by atoms with E-state index in [1.165, 1.54) is 13.8 Å². The third kappa shape index (κ3) is 3.90. The van der Waals surface area contributed by atoms with Gasteiger partial charge in [-0.25, -0.2) is 0 Å². The Hall–Kier alpha value is -1.16. The van der Waals surface area contributed by atoms with Gasteiger partial charge in [-0.15, -0.1) is 0 Å². The predicted molar refractivity (Wildman–Crippen MR) is 96.0 cm³/mol. The van der Waals surface area contributed by atoms with Crippen LogP contribution in [0.4, 0.5) is 0 Å². The van der Waals surface area contributed by atoms with Crippen molar-refractivity contribution in [1.82, 2.24) is 0 Å². The molecule has 6 heteroatoms. The quantitative estimate of drug-likeness (QED) is 0.559. The molecule has 0 spiro atoms. The van der Waals surface area contributed by atoms with Crippen molar-refractivity contribution in [2.24, 2.45) is 0 Å². The van der Waals surface area contributed by atoms with Crippen LogP contribution >= 0.6 is 7.60 Å². The molecule has 0 amide bonds. The maximum atomic E-state index is 12.8. The molecule has 0 aromatic heterocycles. The zero-order chi connectivity index (χ0) is 19.3. The Labute approximate surface area is 144 Å². The molecule has 0 aliphatic carbocycles. The predicted octanol–water partition coefficient (Wildman–Crippen LogP) is 4.13. The number of rotatable bonds is 3. The molecular formula is C18H29O5P. The minimum Gasteiger partial charge on any atom is -0.507 e. The number of aromatic hydroxyl groups is 1. The summed E-state index contributed by atoms with van der Waals surface area (Å²) in [6.45, 7) is 14.0. The Morgan fingerprint density at radius 1 is 0.875 bits per heavy atom. The van der Waals surface area contributed by atoms with Gasteiger partial charge < -0.3 is 14.9 Å². The Morgan fingerprint density at radius 2 is 1.21 bits per heavy atom. The normalized spacial score (nSPS) is 13.9. The van der Waals surface area contributed by atoms with Crippen LogP contribution in [0, 0.1) is 0 Å². The smallest absolute Gasteiger partial charge is 0.338 e. The third-order valence-electron chi connectivity index (χ3n) is 4.27. The van der Waals surface area contributed by atoms with E-state index in [1.54, 1.807) is 12.1 Å². The summed E-state index contributed by atoms with van der Waals surface area (Å²) in [5.74, 6) is -0.507. The van der Waals surface area contributed by atoms with Crippen LogP contribution in [-0.2, 0) is 15.4 Å². The fraction of sp³-hybridized carbons (Fsp3) is 0.611. The topological polar surface area (TPSA) is 94.8 Å². The molecule has 0 radical (unpaired) electrons. The third-order valence-corrected chi connectivity index (χ3v) is 5.93. The van der Waals surface area contributed by atoms with Gasteiger partial charge in [0.05, 0.1) is 0 Å². The lowest BCUT2D eigenvalue weighted by atomic mass is 9.77. The van der Waals surface area contributed by atoms with Crippen molar-refractivity contribution in [2.45, 2.75) is 71.4 Å². The highest BCUT2D eigenvalue weighted by molar-refractivity contribution is 7.54. The molecule has 1 aromatic rings. The molecular weight excluding hydrogens is 327 g/mol. The molecule has 0 bridgehead atoms. The van der Waals surface area contributed by atoms with Crippen molar-refractivity contribution in [1.29, 1.82) is 0 Å². The Balaban J connectivity index is 3.74. The van der Waals surface area contributed by atoms with Crippen LogP contribution in [0.2, 0.25) is 0 Å². The fourth-order valence-electron chi connectivity index (χ4n) is 2.39. The van der Waals surface area contributed by atoms with Gasteiger partial charge in [0, 0.05) is 16.7 Å². The van der Waals surface area contributed by atoms with Crippen molar-refractivity contribution in [3.63, 3.8) is 0 Å². The number of ketones is 1. The largest absolute Gasteiger partial charge is 0.507 e. The molecule has 3 N–H and O–H groups in total. The summed E-state index contributed by atoms with van der Waals surface area (Å²) in [5, 5.41) is 8.84. The highest BCUT2D eigenvalue weighted by atomic mass is 31.2. The summed E-state index contributed by atoms with van der Waals surface area (Å²) in [4.78, 5) is 31.9. The van der Waals surface area contributed by atoms with E-state index in [-0.39, 0.29) is 11.3 Å². The van der Waals surface area contributed by atoms with Gasteiger partial charge in [0.15, 0.2) is 5.78 Å². The molecule has 1 rings (SSSR count). The fourth-order valence-corrected chi connectivity index (χ4v) is 2.79. The minimum absolute atomic E-state index is 0.125. The van der Waals surface area contributed by atoms with Crippen molar-refractivity contribution >= 4 is 13.4 Å². The summed E-state index contributed by atoms with van der Waals surface area (Å²) < 4.78 is 11.7.